The van der Waals surface area contributed by atoms with Crippen molar-refractivity contribution in [2.75, 3.05) is 0 Å². The molecule has 0 spiro atoms. The second kappa shape index (κ2) is 5.73. The average Bonchev–Trinajstić information content (AvgIpc) is 2.70. The van der Waals surface area contributed by atoms with Gasteiger partial charge in [0.25, 0.3) is 10.0 Å². The lowest BCUT2D eigenvalue weighted by atomic mass is 10.2. The summed E-state index contributed by atoms with van der Waals surface area (Å²) in [6, 6.07) is 7.21. The van der Waals surface area contributed by atoms with Gasteiger partial charge < -0.3 is 4.98 Å². The molecule has 0 aliphatic rings. The Morgan fingerprint density at radius 3 is 2.48 bits per heavy atom. The van der Waals surface area contributed by atoms with Crippen LogP contribution in [0.5, 0.6) is 0 Å². The number of nitrogens with zero attached hydrogens (tertiary/aromatic N) is 1. The lowest BCUT2D eigenvalue weighted by molar-refractivity contribution is 0.584. The van der Waals surface area contributed by atoms with E-state index in [4.69, 9.17) is 0 Å². The molecule has 0 atom stereocenters. The predicted octanol–water partition coefficient (Wildman–Crippen LogP) is 2.56. The monoisotopic (exact) mass is 305 g/mol. The molecule has 21 heavy (non-hydrogen) atoms. The molecule has 0 saturated heterocycles. The first-order chi connectivity index (χ1) is 9.79. The summed E-state index contributed by atoms with van der Waals surface area (Å²) in [5.41, 5.74) is 4.39. The minimum atomic E-state index is -3.65. The molecule has 0 saturated carbocycles. The van der Waals surface area contributed by atoms with Crippen molar-refractivity contribution in [2.45, 2.75) is 32.6 Å². The van der Waals surface area contributed by atoms with E-state index in [9.17, 15) is 8.42 Å². The number of benzene rings is 1. The van der Waals surface area contributed by atoms with Crippen LogP contribution in [0.25, 0.3) is 0 Å². The van der Waals surface area contributed by atoms with Crippen LogP contribution in [0.15, 0.2) is 34.3 Å². The fraction of sp³-hybridized carbons (Fsp3) is 0.267. The van der Waals surface area contributed by atoms with Crippen molar-refractivity contribution in [1.29, 1.82) is 0 Å². The van der Waals surface area contributed by atoms with Gasteiger partial charge in [0.05, 0.1) is 11.1 Å². The van der Waals surface area contributed by atoms with Gasteiger partial charge in [-0.1, -0.05) is 12.1 Å². The number of H-pyrrole nitrogens is 1. The number of aromatic amines is 1. The summed E-state index contributed by atoms with van der Waals surface area (Å²) in [5, 5.41) is 3.85. The van der Waals surface area contributed by atoms with Crippen LogP contribution in [0.2, 0.25) is 0 Å². The normalized spacial score (nSPS) is 12.0. The summed E-state index contributed by atoms with van der Waals surface area (Å²) in [7, 11) is -3.65. The Morgan fingerprint density at radius 2 is 1.86 bits per heavy atom. The van der Waals surface area contributed by atoms with Gasteiger partial charge in [0.2, 0.25) is 0 Å². The first kappa shape index (κ1) is 15.3. The molecule has 0 unspecified atom stereocenters. The van der Waals surface area contributed by atoms with E-state index in [1.54, 1.807) is 19.1 Å². The molecule has 1 heterocycles. The van der Waals surface area contributed by atoms with Crippen molar-refractivity contribution in [3.63, 3.8) is 0 Å². The first-order valence-electron chi connectivity index (χ1n) is 6.58. The summed E-state index contributed by atoms with van der Waals surface area (Å²) in [6.45, 7) is 7.46. The second-order valence-corrected chi connectivity index (χ2v) is 6.78. The molecule has 0 amide bonds. The van der Waals surface area contributed by atoms with E-state index < -0.39 is 10.0 Å². The number of aryl methyl sites for hydroxylation is 4. The van der Waals surface area contributed by atoms with Crippen LogP contribution < -0.4 is 4.83 Å². The molecule has 1 aromatic heterocycles. The molecule has 112 valence electrons. The molecule has 6 heteroatoms. The lowest BCUT2D eigenvalue weighted by Crippen LogP contribution is -2.19. The number of hydrazone groups is 1. The van der Waals surface area contributed by atoms with Crippen LogP contribution >= 0.6 is 0 Å². The summed E-state index contributed by atoms with van der Waals surface area (Å²) < 4.78 is 24.5. The van der Waals surface area contributed by atoms with Crippen LogP contribution in [0.3, 0.4) is 0 Å². The van der Waals surface area contributed by atoms with E-state index in [2.05, 4.69) is 14.9 Å². The van der Waals surface area contributed by atoms with Crippen LogP contribution in [-0.4, -0.2) is 19.6 Å². The van der Waals surface area contributed by atoms with E-state index in [0.717, 1.165) is 22.5 Å². The van der Waals surface area contributed by atoms with Crippen molar-refractivity contribution in [1.82, 2.24) is 9.82 Å². The van der Waals surface area contributed by atoms with Gasteiger partial charge in [-0.25, -0.2) is 4.83 Å². The Kier molecular flexibility index (Phi) is 4.18. The highest BCUT2D eigenvalue weighted by Gasteiger charge is 2.15. The molecule has 0 bridgehead atoms. The Balaban J connectivity index is 2.22. The lowest BCUT2D eigenvalue weighted by Gasteiger charge is -2.07. The molecule has 1 aromatic carbocycles. The topological polar surface area (TPSA) is 74.3 Å². The van der Waals surface area contributed by atoms with Crippen LogP contribution in [0, 0.1) is 27.7 Å². The zero-order valence-corrected chi connectivity index (χ0v) is 13.4. The van der Waals surface area contributed by atoms with Crippen molar-refractivity contribution >= 4 is 16.2 Å². The highest BCUT2D eigenvalue weighted by Crippen LogP contribution is 2.16. The predicted molar refractivity (Wildman–Crippen MR) is 84.1 cm³/mol. The van der Waals surface area contributed by atoms with Gasteiger partial charge in [-0.3, -0.25) is 0 Å². The van der Waals surface area contributed by atoms with Gasteiger partial charge in [0.15, 0.2) is 0 Å². The van der Waals surface area contributed by atoms with Gasteiger partial charge in [0.1, 0.15) is 0 Å². The number of nitrogens with one attached hydrogen (secondary N) is 2. The molecular formula is C15H19N3O2S. The van der Waals surface area contributed by atoms with E-state index in [1.807, 2.05) is 32.9 Å². The van der Waals surface area contributed by atoms with Crippen LogP contribution in [-0.2, 0) is 10.0 Å². The largest absolute Gasteiger partial charge is 0.362 e. The van der Waals surface area contributed by atoms with Crippen molar-refractivity contribution < 1.29 is 8.42 Å². The molecule has 0 aliphatic carbocycles. The van der Waals surface area contributed by atoms with Gasteiger partial charge in [-0.15, -0.1) is 0 Å². The van der Waals surface area contributed by atoms with E-state index in [0.29, 0.717) is 5.56 Å². The first-order valence-corrected chi connectivity index (χ1v) is 8.06. The highest BCUT2D eigenvalue weighted by atomic mass is 32.2. The second-order valence-electron chi connectivity index (χ2n) is 5.15. The van der Waals surface area contributed by atoms with E-state index in [-0.39, 0.29) is 4.90 Å². The maximum atomic E-state index is 12.3. The Labute approximate surface area is 125 Å². The average molecular weight is 305 g/mol. The molecule has 2 aromatic rings. The SMILES string of the molecule is Cc1ccc(C)c(S(=O)(=O)N/N=C/c2cc(C)[nH]c2C)c1. The molecule has 0 aliphatic heterocycles. The molecule has 5 nitrogen and oxygen atoms in total. The molecule has 2 N–H and O–H groups in total. The molecule has 0 fully saturated rings. The third-order valence-electron chi connectivity index (χ3n) is 3.20. The minimum absolute atomic E-state index is 0.252. The number of hydrogen-bond donors (Lipinski definition) is 2. The van der Waals surface area contributed by atoms with Gasteiger partial charge in [-0.2, -0.15) is 13.5 Å². The Hall–Kier alpha value is -2.08. The molecule has 0 radical (unpaired) electrons. The van der Waals surface area contributed by atoms with Crippen molar-refractivity contribution in [3.05, 3.63) is 52.3 Å². The standard InChI is InChI=1S/C15H19N3O2S/c1-10-5-6-11(2)15(7-10)21(19,20)18-16-9-14-8-12(3)17-13(14)4/h5-9,17-18H,1-4H3/b16-9+. The quantitative estimate of drug-likeness (QED) is 0.673. The number of rotatable bonds is 4. The van der Waals surface area contributed by atoms with Gasteiger partial charge in [-0.05, 0) is 51.0 Å². The summed E-state index contributed by atoms with van der Waals surface area (Å²) >= 11 is 0. The number of sulfonamides is 1. The molecular weight excluding hydrogens is 286 g/mol. The van der Waals surface area contributed by atoms with E-state index >= 15 is 0 Å². The number of aromatic nitrogens is 1. The Morgan fingerprint density at radius 1 is 1.14 bits per heavy atom. The van der Waals surface area contributed by atoms with Crippen LogP contribution in [0.4, 0.5) is 0 Å². The maximum absolute atomic E-state index is 12.3. The van der Waals surface area contributed by atoms with Crippen molar-refractivity contribution in [3.8, 4) is 0 Å². The fourth-order valence-corrected chi connectivity index (χ4v) is 3.21. The third-order valence-corrected chi connectivity index (χ3v) is 4.56. The zero-order valence-electron chi connectivity index (χ0n) is 12.6. The summed E-state index contributed by atoms with van der Waals surface area (Å²) in [6.07, 6.45) is 1.50. The third kappa shape index (κ3) is 3.52. The summed E-state index contributed by atoms with van der Waals surface area (Å²) in [4.78, 5) is 5.64. The smallest absolute Gasteiger partial charge is 0.276 e. The van der Waals surface area contributed by atoms with Crippen molar-refractivity contribution in [2.24, 2.45) is 5.10 Å². The van der Waals surface area contributed by atoms with E-state index in [1.165, 1.54) is 6.21 Å². The van der Waals surface area contributed by atoms with Gasteiger partial charge in [0, 0.05) is 17.0 Å². The zero-order chi connectivity index (χ0) is 15.6. The molecule has 2 rings (SSSR count). The van der Waals surface area contributed by atoms with Crippen LogP contribution in [0.1, 0.15) is 28.1 Å². The highest BCUT2D eigenvalue weighted by molar-refractivity contribution is 7.89. The number of hydrogen-bond acceptors (Lipinski definition) is 3. The Bertz CT molecular complexity index is 789. The van der Waals surface area contributed by atoms with Gasteiger partial charge >= 0.3 is 0 Å². The maximum Gasteiger partial charge on any atom is 0.276 e. The minimum Gasteiger partial charge on any atom is -0.362 e. The fourth-order valence-electron chi connectivity index (χ4n) is 2.09. The summed E-state index contributed by atoms with van der Waals surface area (Å²) in [5.74, 6) is 0.